The van der Waals surface area contributed by atoms with Crippen LogP contribution >= 0.6 is 23.2 Å². The van der Waals surface area contributed by atoms with Gasteiger partial charge in [-0.3, -0.25) is 0 Å². The van der Waals surface area contributed by atoms with Gasteiger partial charge >= 0.3 is 5.97 Å². The molecule has 1 aliphatic rings. The number of esters is 1. The van der Waals surface area contributed by atoms with Gasteiger partial charge in [0.1, 0.15) is 11.6 Å². The Balaban J connectivity index is 2.87. The van der Waals surface area contributed by atoms with Gasteiger partial charge in [0.05, 0.1) is 22.6 Å². The van der Waals surface area contributed by atoms with Crippen molar-refractivity contribution in [2.24, 2.45) is 5.73 Å². The molecule has 9 heteroatoms. The fourth-order valence-electron chi connectivity index (χ4n) is 3.12. The van der Waals surface area contributed by atoms with Crippen LogP contribution in [0, 0.1) is 11.3 Å². The van der Waals surface area contributed by atoms with E-state index in [1.54, 1.807) is 13.0 Å². The Hall–Kier alpha value is -2.01. The topological polar surface area (TPSA) is 94.6 Å². The molecule has 1 aromatic rings. The van der Waals surface area contributed by atoms with Crippen LogP contribution in [0.4, 0.5) is 4.39 Å². The normalized spacial score (nSPS) is 27.7. The Kier molecular flexibility index (Phi) is 6.25. The maximum absolute atomic E-state index is 16.6. The predicted molar refractivity (Wildman–Crippen MR) is 97.6 cm³/mol. The molecule has 0 aromatic heterocycles. The van der Waals surface area contributed by atoms with Crippen molar-refractivity contribution in [2.45, 2.75) is 38.1 Å². The maximum atomic E-state index is 16.6. The summed E-state index contributed by atoms with van der Waals surface area (Å²) in [7, 11) is 0. The number of nitrogens with zero attached hydrogens (tertiary/aromatic N) is 1. The van der Waals surface area contributed by atoms with Gasteiger partial charge in [0.15, 0.2) is 0 Å². The molecule has 27 heavy (non-hydrogen) atoms. The molecule has 0 saturated heterocycles. The van der Waals surface area contributed by atoms with Crippen LogP contribution < -0.4 is 5.73 Å². The zero-order chi connectivity index (χ0) is 20.4. The number of hydrogen-bond acceptors (Lipinski definition) is 6. The van der Waals surface area contributed by atoms with Gasteiger partial charge in [-0.2, -0.15) is 5.26 Å². The molecule has 0 saturated carbocycles. The lowest BCUT2D eigenvalue weighted by Crippen LogP contribution is -2.64. The molecule has 2 N–H and O–H groups in total. The van der Waals surface area contributed by atoms with E-state index < -0.39 is 23.3 Å². The number of carbonyl (C=O) groups excluding carboxylic acids is 1. The molecule has 0 aliphatic carbocycles. The van der Waals surface area contributed by atoms with Gasteiger partial charge < -0.3 is 19.9 Å². The van der Waals surface area contributed by atoms with Crippen LogP contribution in [-0.2, 0) is 19.0 Å². The van der Waals surface area contributed by atoms with Crippen molar-refractivity contribution in [1.82, 2.24) is 0 Å². The Morgan fingerprint density at radius 1 is 1.41 bits per heavy atom. The third-order valence-corrected chi connectivity index (χ3v) is 5.16. The fourth-order valence-corrected chi connectivity index (χ4v) is 3.54. The van der Waals surface area contributed by atoms with E-state index >= 15 is 4.39 Å². The summed E-state index contributed by atoms with van der Waals surface area (Å²) in [5.41, 5.74) is 2.69. The molecule has 0 amide bonds. The molecular weight excluding hydrogens is 398 g/mol. The Labute approximate surface area is 166 Å². The first kappa shape index (κ1) is 21.3. The van der Waals surface area contributed by atoms with Crippen molar-refractivity contribution in [1.29, 1.82) is 5.26 Å². The highest BCUT2D eigenvalue weighted by Crippen LogP contribution is 2.53. The van der Waals surface area contributed by atoms with E-state index in [9.17, 15) is 10.1 Å². The number of nitriles is 1. The first-order valence-electron chi connectivity index (χ1n) is 8.20. The summed E-state index contributed by atoms with van der Waals surface area (Å²) in [5, 5.41) is 9.70. The van der Waals surface area contributed by atoms with E-state index in [1.165, 1.54) is 32.0 Å². The molecule has 0 bridgehead atoms. The number of alkyl halides is 1. The van der Waals surface area contributed by atoms with Crippen LogP contribution in [0.25, 0.3) is 0 Å². The highest BCUT2D eigenvalue weighted by Gasteiger charge is 2.69. The molecule has 0 unspecified atom stereocenters. The average molecular weight is 417 g/mol. The number of benzene rings is 1. The van der Waals surface area contributed by atoms with Gasteiger partial charge in [-0.05, 0) is 25.5 Å². The summed E-state index contributed by atoms with van der Waals surface area (Å²) in [4.78, 5) is 12.8. The Morgan fingerprint density at radius 2 is 2.07 bits per heavy atom. The van der Waals surface area contributed by atoms with Crippen molar-refractivity contribution < 1.29 is 23.4 Å². The van der Waals surface area contributed by atoms with E-state index in [1.807, 2.05) is 0 Å². The summed E-state index contributed by atoms with van der Waals surface area (Å²) < 4.78 is 32.4. The lowest BCUT2D eigenvalue weighted by atomic mass is 9.72. The molecule has 3 atom stereocenters. The average Bonchev–Trinajstić information content (AvgIpc) is 2.61. The number of hydrogen-bond donors (Lipinski definition) is 1. The monoisotopic (exact) mass is 416 g/mol. The first-order chi connectivity index (χ1) is 12.7. The highest BCUT2D eigenvalue weighted by molar-refractivity contribution is 6.42. The first-order valence-corrected chi connectivity index (χ1v) is 8.96. The number of nitrogens with two attached hydrogens (primary N) is 1. The molecule has 2 rings (SSSR count). The van der Waals surface area contributed by atoms with Crippen LogP contribution in [0.2, 0.25) is 10.0 Å². The molecule has 6 nitrogen and oxygen atoms in total. The maximum Gasteiger partial charge on any atom is 0.351 e. The van der Waals surface area contributed by atoms with Crippen LogP contribution in [0.1, 0.15) is 32.3 Å². The van der Waals surface area contributed by atoms with Gasteiger partial charge in [-0.1, -0.05) is 35.3 Å². The van der Waals surface area contributed by atoms with Gasteiger partial charge in [-0.25, -0.2) is 9.18 Å². The van der Waals surface area contributed by atoms with Gasteiger partial charge in [0.25, 0.3) is 11.5 Å². The molecule has 146 valence electrons. The second-order valence-corrected chi connectivity index (χ2v) is 6.66. The molecular formula is C18H19Cl2FN2O4. The summed E-state index contributed by atoms with van der Waals surface area (Å²) in [6.45, 7) is 4.26. The third kappa shape index (κ3) is 3.33. The zero-order valence-electron chi connectivity index (χ0n) is 15.0. The van der Waals surface area contributed by atoms with E-state index in [0.29, 0.717) is 0 Å². The van der Waals surface area contributed by atoms with Crippen molar-refractivity contribution >= 4 is 29.2 Å². The molecule has 0 fully saturated rings. The minimum atomic E-state index is -2.96. The SMILES string of the molecule is CCOC(=O)[C@@]1(F)[C@H](c2cccc(Cl)c2Cl)C(C#N)=C(N)O[C@@]1(C)OCC. The highest BCUT2D eigenvalue weighted by atomic mass is 35.5. The number of rotatable bonds is 5. The van der Waals surface area contributed by atoms with Gasteiger partial charge in [-0.15, -0.1) is 0 Å². The number of carbonyl (C=O) groups is 1. The smallest absolute Gasteiger partial charge is 0.351 e. The predicted octanol–water partition coefficient (Wildman–Crippen LogP) is 3.83. The fraction of sp³-hybridized carbons (Fsp3) is 0.444. The van der Waals surface area contributed by atoms with Crippen LogP contribution in [0.5, 0.6) is 0 Å². The zero-order valence-corrected chi connectivity index (χ0v) is 16.5. The van der Waals surface area contributed by atoms with Crippen LogP contribution in [0.3, 0.4) is 0 Å². The second kappa shape index (κ2) is 7.93. The van der Waals surface area contributed by atoms with Crippen LogP contribution in [0.15, 0.2) is 29.7 Å². The minimum absolute atomic E-state index is 0.00669. The quantitative estimate of drug-likeness (QED) is 0.732. The summed E-state index contributed by atoms with van der Waals surface area (Å²) >= 11 is 12.3. The van der Waals surface area contributed by atoms with Crippen molar-refractivity contribution in [3.05, 3.63) is 45.3 Å². The largest absolute Gasteiger partial charge is 0.463 e. The summed E-state index contributed by atoms with van der Waals surface area (Å²) in [6.07, 6.45) is 0. The summed E-state index contributed by atoms with van der Waals surface area (Å²) in [6, 6.07) is 6.28. The molecule has 0 radical (unpaired) electrons. The van der Waals surface area contributed by atoms with E-state index in [2.05, 4.69) is 0 Å². The lowest BCUT2D eigenvalue weighted by Gasteiger charge is -2.47. The third-order valence-electron chi connectivity index (χ3n) is 4.32. The van der Waals surface area contributed by atoms with Crippen molar-refractivity contribution in [2.75, 3.05) is 13.2 Å². The standard InChI is InChI=1S/C18H19Cl2FN2O4/c1-4-25-16(24)18(21)13(10-7-6-8-12(19)14(10)20)11(9-22)15(23)27-17(18,3)26-5-2/h6-8,13H,4-5,23H2,1-3H3/t13-,17-,18+/m1/s1. The molecule has 0 spiro atoms. The van der Waals surface area contributed by atoms with E-state index in [-0.39, 0.29) is 40.3 Å². The summed E-state index contributed by atoms with van der Waals surface area (Å²) in [5.74, 6) is -5.33. The number of allylic oxidation sites excluding steroid dienone is 1. The molecule has 1 heterocycles. The Bertz CT molecular complexity index is 826. The minimum Gasteiger partial charge on any atom is -0.463 e. The molecule has 1 aliphatic heterocycles. The van der Waals surface area contributed by atoms with Gasteiger partial charge in [0, 0.05) is 13.5 Å². The lowest BCUT2D eigenvalue weighted by molar-refractivity contribution is -0.285. The van der Waals surface area contributed by atoms with Crippen molar-refractivity contribution in [3.8, 4) is 6.07 Å². The number of ether oxygens (including phenoxy) is 3. The van der Waals surface area contributed by atoms with E-state index in [0.717, 1.165) is 0 Å². The second-order valence-electron chi connectivity index (χ2n) is 5.88. The molecule has 1 aromatic carbocycles. The van der Waals surface area contributed by atoms with E-state index in [4.69, 9.17) is 43.1 Å². The Morgan fingerprint density at radius 3 is 2.63 bits per heavy atom. The van der Waals surface area contributed by atoms with Crippen LogP contribution in [-0.4, -0.2) is 30.6 Å². The van der Waals surface area contributed by atoms with Crippen molar-refractivity contribution in [3.63, 3.8) is 0 Å². The van der Waals surface area contributed by atoms with Gasteiger partial charge in [0.2, 0.25) is 5.88 Å². The number of halogens is 3.